The zero-order chi connectivity index (χ0) is 9.64. The molecule has 5 nitrogen and oxygen atoms in total. The van der Waals surface area contributed by atoms with Gasteiger partial charge in [0, 0.05) is 0 Å². The van der Waals surface area contributed by atoms with Crippen LogP contribution in [0, 0.1) is 0 Å². The molecule has 0 amide bonds. The highest BCUT2D eigenvalue weighted by Crippen LogP contribution is 2.37. The lowest BCUT2D eigenvalue weighted by molar-refractivity contribution is -0.223. The van der Waals surface area contributed by atoms with Gasteiger partial charge < -0.3 is 24.4 Å². The Labute approximate surface area is 76.2 Å². The van der Waals surface area contributed by atoms with E-state index in [1.165, 1.54) is 0 Å². The van der Waals surface area contributed by atoms with Gasteiger partial charge in [-0.1, -0.05) is 0 Å². The molecular formula is C8H14O5. The van der Waals surface area contributed by atoms with Gasteiger partial charge in [0.25, 0.3) is 0 Å². The monoisotopic (exact) mass is 190 g/mol. The maximum atomic E-state index is 9.39. The SMILES string of the molecule is CC1(C)OC2[C@@H](O)O[C@H](CO)[C@H]2O1. The fourth-order valence-corrected chi connectivity index (χ4v) is 1.81. The first-order valence-electron chi connectivity index (χ1n) is 4.33. The van der Waals surface area contributed by atoms with E-state index in [0.717, 1.165) is 0 Å². The predicted molar refractivity (Wildman–Crippen MR) is 41.8 cm³/mol. The minimum absolute atomic E-state index is 0.169. The van der Waals surface area contributed by atoms with Gasteiger partial charge >= 0.3 is 0 Å². The molecule has 0 aromatic rings. The van der Waals surface area contributed by atoms with Crippen LogP contribution in [0.2, 0.25) is 0 Å². The highest BCUT2D eigenvalue weighted by molar-refractivity contribution is 4.94. The van der Waals surface area contributed by atoms with Gasteiger partial charge in [0.05, 0.1) is 6.61 Å². The van der Waals surface area contributed by atoms with Gasteiger partial charge in [-0.3, -0.25) is 0 Å². The summed E-state index contributed by atoms with van der Waals surface area (Å²) in [5.74, 6) is -0.701. The van der Waals surface area contributed by atoms with E-state index in [1.54, 1.807) is 13.8 Å². The maximum absolute atomic E-state index is 9.39. The van der Waals surface area contributed by atoms with Crippen LogP contribution in [0.3, 0.4) is 0 Å². The number of aliphatic hydroxyl groups excluding tert-OH is 2. The second-order valence-corrected chi connectivity index (χ2v) is 3.81. The minimum atomic E-state index is -0.996. The van der Waals surface area contributed by atoms with Crippen LogP contribution in [0.15, 0.2) is 0 Å². The Hall–Kier alpha value is -0.200. The van der Waals surface area contributed by atoms with Crippen LogP contribution < -0.4 is 0 Å². The molecule has 0 aliphatic carbocycles. The lowest BCUT2D eigenvalue weighted by Gasteiger charge is -2.21. The van der Waals surface area contributed by atoms with Crippen LogP contribution in [-0.4, -0.2) is 47.2 Å². The van der Waals surface area contributed by atoms with Crippen LogP contribution in [-0.2, 0) is 14.2 Å². The zero-order valence-electron chi connectivity index (χ0n) is 7.64. The molecule has 5 heteroatoms. The number of fused-ring (bicyclic) bond motifs is 1. The summed E-state index contributed by atoms with van der Waals surface area (Å²) < 4.78 is 15.9. The van der Waals surface area contributed by atoms with Crippen molar-refractivity contribution in [3.63, 3.8) is 0 Å². The van der Waals surface area contributed by atoms with Crippen LogP contribution >= 0.6 is 0 Å². The molecule has 4 atom stereocenters. The van der Waals surface area contributed by atoms with Crippen molar-refractivity contribution in [2.45, 2.75) is 44.2 Å². The van der Waals surface area contributed by atoms with Crippen LogP contribution in [0.4, 0.5) is 0 Å². The highest BCUT2D eigenvalue weighted by Gasteiger charge is 2.54. The first-order valence-corrected chi connectivity index (χ1v) is 4.33. The molecule has 2 heterocycles. The third-order valence-corrected chi connectivity index (χ3v) is 2.31. The Morgan fingerprint density at radius 1 is 1.23 bits per heavy atom. The fourth-order valence-electron chi connectivity index (χ4n) is 1.81. The van der Waals surface area contributed by atoms with E-state index < -0.39 is 24.3 Å². The van der Waals surface area contributed by atoms with Crippen molar-refractivity contribution in [1.29, 1.82) is 0 Å². The van der Waals surface area contributed by atoms with Gasteiger partial charge in [0.2, 0.25) is 0 Å². The van der Waals surface area contributed by atoms with Crippen molar-refractivity contribution in [2.75, 3.05) is 6.61 Å². The predicted octanol–water partition coefficient (Wildman–Crippen LogP) is -0.784. The summed E-state index contributed by atoms with van der Waals surface area (Å²) in [6.45, 7) is 3.37. The third kappa shape index (κ3) is 1.47. The van der Waals surface area contributed by atoms with Crippen molar-refractivity contribution in [3.05, 3.63) is 0 Å². The lowest BCUT2D eigenvalue weighted by Crippen LogP contribution is -2.31. The van der Waals surface area contributed by atoms with Gasteiger partial charge in [0.15, 0.2) is 12.1 Å². The first kappa shape index (κ1) is 9.36. The van der Waals surface area contributed by atoms with E-state index in [2.05, 4.69) is 0 Å². The normalized spacial score (nSPS) is 48.0. The van der Waals surface area contributed by atoms with Gasteiger partial charge in [-0.2, -0.15) is 0 Å². The Morgan fingerprint density at radius 2 is 1.85 bits per heavy atom. The Kier molecular flexibility index (Phi) is 2.08. The topological polar surface area (TPSA) is 68.2 Å². The molecular weight excluding hydrogens is 176 g/mol. The van der Waals surface area contributed by atoms with Crippen molar-refractivity contribution in [1.82, 2.24) is 0 Å². The highest BCUT2D eigenvalue weighted by atomic mass is 16.8. The molecule has 0 spiro atoms. The van der Waals surface area contributed by atoms with Gasteiger partial charge in [-0.05, 0) is 13.8 Å². The largest absolute Gasteiger partial charge is 0.394 e. The molecule has 0 bridgehead atoms. The molecule has 2 aliphatic heterocycles. The van der Waals surface area contributed by atoms with Gasteiger partial charge in [0.1, 0.15) is 18.3 Å². The van der Waals surface area contributed by atoms with E-state index in [4.69, 9.17) is 19.3 Å². The average Bonchev–Trinajstić information content (AvgIpc) is 2.47. The summed E-state index contributed by atoms with van der Waals surface area (Å²) in [5.41, 5.74) is 0. The molecule has 0 aromatic heterocycles. The smallest absolute Gasteiger partial charge is 0.184 e. The lowest BCUT2D eigenvalue weighted by atomic mass is 10.1. The average molecular weight is 190 g/mol. The van der Waals surface area contributed by atoms with Crippen LogP contribution in [0.1, 0.15) is 13.8 Å². The summed E-state index contributed by atoms with van der Waals surface area (Å²) in [4.78, 5) is 0. The molecule has 0 radical (unpaired) electrons. The summed E-state index contributed by atoms with van der Waals surface area (Å²) in [7, 11) is 0. The Balaban J connectivity index is 2.12. The molecule has 2 N–H and O–H groups in total. The van der Waals surface area contributed by atoms with Crippen molar-refractivity contribution in [3.8, 4) is 0 Å². The summed E-state index contributed by atoms with van der Waals surface area (Å²) in [6.07, 6.45) is -2.33. The molecule has 13 heavy (non-hydrogen) atoms. The maximum Gasteiger partial charge on any atom is 0.184 e. The van der Waals surface area contributed by atoms with E-state index >= 15 is 0 Å². The van der Waals surface area contributed by atoms with Gasteiger partial charge in [-0.25, -0.2) is 0 Å². The summed E-state index contributed by atoms with van der Waals surface area (Å²) >= 11 is 0. The van der Waals surface area contributed by atoms with Crippen molar-refractivity contribution < 1.29 is 24.4 Å². The van der Waals surface area contributed by atoms with Crippen LogP contribution in [0.25, 0.3) is 0 Å². The second-order valence-electron chi connectivity index (χ2n) is 3.81. The quantitative estimate of drug-likeness (QED) is 0.567. The second kappa shape index (κ2) is 2.90. The molecule has 0 saturated carbocycles. The number of rotatable bonds is 1. The molecule has 2 fully saturated rings. The van der Waals surface area contributed by atoms with E-state index in [-0.39, 0.29) is 12.7 Å². The Bertz CT molecular complexity index is 205. The van der Waals surface area contributed by atoms with Gasteiger partial charge in [-0.15, -0.1) is 0 Å². The van der Waals surface area contributed by atoms with Crippen molar-refractivity contribution >= 4 is 0 Å². The standard InChI is InChI=1S/C8H14O5/c1-8(2)12-5-4(3-9)11-7(10)6(5)13-8/h4-7,9-10H,3H2,1-2H3/t4-,5-,6?,7+/m1/s1. The summed E-state index contributed by atoms with van der Waals surface area (Å²) in [5, 5.41) is 18.3. The minimum Gasteiger partial charge on any atom is -0.394 e. The van der Waals surface area contributed by atoms with E-state index in [9.17, 15) is 5.11 Å². The molecule has 1 unspecified atom stereocenters. The molecule has 2 aliphatic rings. The summed E-state index contributed by atoms with van der Waals surface area (Å²) in [6, 6.07) is 0. The first-order chi connectivity index (χ1) is 6.03. The third-order valence-electron chi connectivity index (χ3n) is 2.31. The number of aliphatic hydroxyl groups is 2. The van der Waals surface area contributed by atoms with E-state index in [0.29, 0.717) is 0 Å². The number of hydrogen-bond acceptors (Lipinski definition) is 5. The van der Waals surface area contributed by atoms with Crippen LogP contribution in [0.5, 0.6) is 0 Å². The molecule has 2 saturated heterocycles. The van der Waals surface area contributed by atoms with E-state index in [1.807, 2.05) is 0 Å². The number of hydrogen-bond donors (Lipinski definition) is 2. The molecule has 2 rings (SSSR count). The Morgan fingerprint density at radius 3 is 2.46 bits per heavy atom. The molecule has 76 valence electrons. The zero-order valence-corrected chi connectivity index (χ0v) is 7.64. The van der Waals surface area contributed by atoms with Crippen molar-refractivity contribution in [2.24, 2.45) is 0 Å². The number of ether oxygens (including phenoxy) is 3. The molecule has 0 aromatic carbocycles. The fraction of sp³-hybridized carbons (Fsp3) is 1.00.